The van der Waals surface area contributed by atoms with Crippen molar-refractivity contribution >= 4 is 12.0 Å². The van der Waals surface area contributed by atoms with Crippen LogP contribution < -0.4 is 5.32 Å². The van der Waals surface area contributed by atoms with Gasteiger partial charge >= 0.3 is 12.0 Å². The number of nitrogens with zero attached hydrogens (tertiary/aromatic N) is 1. The van der Waals surface area contributed by atoms with Gasteiger partial charge < -0.3 is 15.3 Å². The molecule has 2 amide bonds. The van der Waals surface area contributed by atoms with Crippen LogP contribution in [-0.2, 0) is 4.79 Å². The van der Waals surface area contributed by atoms with Crippen molar-refractivity contribution in [2.45, 2.75) is 46.0 Å². The van der Waals surface area contributed by atoms with Crippen LogP contribution in [0.25, 0.3) is 0 Å². The van der Waals surface area contributed by atoms with E-state index in [0.29, 0.717) is 17.3 Å². The maximum Gasteiger partial charge on any atom is 0.317 e. The number of likely N-dealkylation sites (tertiary alicyclic amines) is 1. The topological polar surface area (TPSA) is 69.6 Å². The Morgan fingerprint density at radius 1 is 1.30 bits per heavy atom. The van der Waals surface area contributed by atoms with Crippen molar-refractivity contribution in [3.05, 3.63) is 0 Å². The Bertz CT molecular complexity index is 373. The number of amides is 2. The first-order valence-corrected chi connectivity index (χ1v) is 7.63. The van der Waals surface area contributed by atoms with Crippen LogP contribution in [0.2, 0.25) is 0 Å². The van der Waals surface area contributed by atoms with E-state index in [0.717, 1.165) is 38.9 Å². The van der Waals surface area contributed by atoms with Gasteiger partial charge in [0.2, 0.25) is 0 Å². The second-order valence-corrected chi connectivity index (χ2v) is 6.94. The van der Waals surface area contributed by atoms with Crippen molar-refractivity contribution in [3.8, 4) is 0 Å². The summed E-state index contributed by atoms with van der Waals surface area (Å²) in [7, 11) is 0. The van der Waals surface area contributed by atoms with E-state index in [1.165, 1.54) is 6.42 Å². The molecule has 5 heteroatoms. The molecule has 1 atom stereocenters. The summed E-state index contributed by atoms with van der Waals surface area (Å²) in [6.45, 7) is 6.76. The van der Waals surface area contributed by atoms with E-state index in [1.807, 2.05) is 4.90 Å². The molecular weight excluding hydrogens is 256 g/mol. The van der Waals surface area contributed by atoms with Crippen LogP contribution >= 0.6 is 0 Å². The predicted octanol–water partition coefficient (Wildman–Crippen LogP) is 2.32. The van der Waals surface area contributed by atoms with Gasteiger partial charge in [-0.1, -0.05) is 13.8 Å². The van der Waals surface area contributed by atoms with Crippen molar-refractivity contribution in [2.24, 2.45) is 17.3 Å². The summed E-state index contributed by atoms with van der Waals surface area (Å²) in [4.78, 5) is 24.4. The van der Waals surface area contributed by atoms with Crippen molar-refractivity contribution in [3.63, 3.8) is 0 Å². The largest absolute Gasteiger partial charge is 0.481 e. The molecule has 0 aromatic heterocycles. The summed E-state index contributed by atoms with van der Waals surface area (Å²) >= 11 is 0. The summed E-state index contributed by atoms with van der Waals surface area (Å²) in [6.07, 6.45) is 4.03. The first kappa shape index (κ1) is 15.1. The number of carboxylic acid groups (broad SMARTS) is 1. The van der Waals surface area contributed by atoms with Gasteiger partial charge in [0.05, 0.1) is 0 Å². The van der Waals surface area contributed by atoms with Crippen LogP contribution in [0.3, 0.4) is 0 Å². The Balaban J connectivity index is 1.63. The minimum absolute atomic E-state index is 0.0457. The van der Waals surface area contributed by atoms with Gasteiger partial charge in [0.1, 0.15) is 0 Å². The number of aliphatic carboxylic acids is 1. The fourth-order valence-electron chi connectivity index (χ4n) is 3.00. The number of rotatable bonds is 5. The average Bonchev–Trinajstić information content (AvgIpc) is 3.02. The molecule has 1 aliphatic heterocycles. The van der Waals surface area contributed by atoms with E-state index in [-0.39, 0.29) is 12.5 Å². The van der Waals surface area contributed by atoms with Crippen LogP contribution in [-0.4, -0.2) is 41.6 Å². The number of urea groups is 1. The lowest BCUT2D eigenvalue weighted by Gasteiger charge is -2.32. The normalized spacial score (nSPS) is 25.3. The van der Waals surface area contributed by atoms with Gasteiger partial charge in [0, 0.05) is 26.1 Å². The lowest BCUT2D eigenvalue weighted by molar-refractivity contribution is -0.137. The van der Waals surface area contributed by atoms with Gasteiger partial charge in [-0.3, -0.25) is 4.79 Å². The van der Waals surface area contributed by atoms with E-state index in [4.69, 9.17) is 5.11 Å². The number of piperidine rings is 1. The third kappa shape index (κ3) is 4.12. The van der Waals surface area contributed by atoms with E-state index < -0.39 is 5.97 Å². The Morgan fingerprint density at radius 3 is 2.40 bits per heavy atom. The molecule has 1 aliphatic carbocycles. The molecule has 1 saturated carbocycles. The standard InChI is InChI=1S/C15H26N2O3/c1-15(2)9-12(15)10-16-14(20)17-7-5-11(6-8-17)3-4-13(18)19/h11-12H,3-10H2,1-2H3,(H,16,20)(H,18,19). The van der Waals surface area contributed by atoms with Crippen molar-refractivity contribution in [1.29, 1.82) is 0 Å². The summed E-state index contributed by atoms with van der Waals surface area (Å²) in [5, 5.41) is 11.7. The highest BCUT2D eigenvalue weighted by Crippen LogP contribution is 2.50. The van der Waals surface area contributed by atoms with Crippen molar-refractivity contribution in [1.82, 2.24) is 10.2 Å². The molecule has 1 unspecified atom stereocenters. The third-order valence-electron chi connectivity index (χ3n) is 4.89. The average molecular weight is 282 g/mol. The molecule has 0 spiro atoms. The predicted molar refractivity (Wildman–Crippen MR) is 76.5 cm³/mol. The highest BCUT2D eigenvalue weighted by molar-refractivity contribution is 5.74. The van der Waals surface area contributed by atoms with Gasteiger partial charge in [0.15, 0.2) is 0 Å². The number of hydrogen-bond acceptors (Lipinski definition) is 2. The quantitative estimate of drug-likeness (QED) is 0.813. The molecule has 0 aromatic carbocycles. The molecular formula is C15H26N2O3. The van der Waals surface area contributed by atoms with E-state index in [1.54, 1.807) is 0 Å². The summed E-state index contributed by atoms with van der Waals surface area (Å²) in [6, 6.07) is 0.0457. The maximum absolute atomic E-state index is 12.0. The lowest BCUT2D eigenvalue weighted by Crippen LogP contribution is -2.45. The molecule has 2 aliphatic rings. The first-order chi connectivity index (χ1) is 9.38. The van der Waals surface area contributed by atoms with Crippen molar-refractivity contribution < 1.29 is 14.7 Å². The molecule has 0 radical (unpaired) electrons. The highest BCUT2D eigenvalue weighted by Gasteiger charge is 2.45. The number of carbonyl (C=O) groups excluding carboxylic acids is 1. The van der Waals surface area contributed by atoms with Gasteiger partial charge in [0.25, 0.3) is 0 Å². The van der Waals surface area contributed by atoms with E-state index >= 15 is 0 Å². The molecule has 114 valence electrons. The fraction of sp³-hybridized carbons (Fsp3) is 0.867. The Morgan fingerprint density at radius 2 is 1.90 bits per heavy atom. The first-order valence-electron chi connectivity index (χ1n) is 7.63. The smallest absolute Gasteiger partial charge is 0.317 e. The van der Waals surface area contributed by atoms with Crippen LogP contribution in [0.4, 0.5) is 4.79 Å². The zero-order chi connectivity index (χ0) is 14.8. The summed E-state index contributed by atoms with van der Waals surface area (Å²) in [5.41, 5.74) is 0.400. The maximum atomic E-state index is 12.0. The summed E-state index contributed by atoms with van der Waals surface area (Å²) in [5.74, 6) is 0.356. The minimum Gasteiger partial charge on any atom is -0.481 e. The zero-order valence-corrected chi connectivity index (χ0v) is 12.5. The van der Waals surface area contributed by atoms with Crippen LogP contribution in [0.5, 0.6) is 0 Å². The molecule has 0 bridgehead atoms. The molecule has 20 heavy (non-hydrogen) atoms. The number of nitrogens with one attached hydrogen (secondary N) is 1. The molecule has 2 fully saturated rings. The second-order valence-electron chi connectivity index (χ2n) is 6.94. The number of carboxylic acids is 1. The SMILES string of the molecule is CC1(C)CC1CNC(=O)N1CCC(CCC(=O)O)CC1. The second kappa shape index (κ2) is 6.02. The minimum atomic E-state index is -0.725. The van der Waals surface area contributed by atoms with E-state index in [9.17, 15) is 9.59 Å². The molecule has 1 heterocycles. The van der Waals surface area contributed by atoms with E-state index in [2.05, 4.69) is 19.2 Å². The molecule has 5 nitrogen and oxygen atoms in total. The zero-order valence-electron chi connectivity index (χ0n) is 12.5. The van der Waals surface area contributed by atoms with Gasteiger partial charge in [-0.15, -0.1) is 0 Å². The van der Waals surface area contributed by atoms with Crippen LogP contribution in [0, 0.1) is 17.3 Å². The van der Waals surface area contributed by atoms with Crippen molar-refractivity contribution in [2.75, 3.05) is 19.6 Å². The van der Waals surface area contributed by atoms with Gasteiger partial charge in [-0.05, 0) is 42.9 Å². The fourth-order valence-corrected chi connectivity index (χ4v) is 3.00. The highest BCUT2D eigenvalue weighted by atomic mass is 16.4. The lowest BCUT2D eigenvalue weighted by atomic mass is 9.92. The number of carbonyl (C=O) groups is 2. The van der Waals surface area contributed by atoms with Crippen LogP contribution in [0.15, 0.2) is 0 Å². The van der Waals surface area contributed by atoms with Crippen LogP contribution in [0.1, 0.15) is 46.0 Å². The Hall–Kier alpha value is -1.26. The molecule has 2 rings (SSSR count). The molecule has 2 N–H and O–H groups in total. The Kier molecular flexibility index (Phi) is 4.55. The Labute approximate surface area is 120 Å². The monoisotopic (exact) mass is 282 g/mol. The van der Waals surface area contributed by atoms with Gasteiger partial charge in [-0.2, -0.15) is 0 Å². The summed E-state index contributed by atoms with van der Waals surface area (Å²) < 4.78 is 0. The third-order valence-corrected chi connectivity index (χ3v) is 4.89. The number of hydrogen-bond donors (Lipinski definition) is 2. The molecule has 1 saturated heterocycles. The molecule has 0 aromatic rings. The van der Waals surface area contributed by atoms with Gasteiger partial charge in [-0.25, -0.2) is 4.79 Å².